The maximum Gasteiger partial charge on any atom is 0.0796 e. The Morgan fingerprint density at radius 1 is 0.400 bits per heavy atom. The average molecular weight is 530 g/mol. The Morgan fingerprint density at radius 3 is 1.55 bits per heavy atom. The van der Waals surface area contributed by atoms with Crippen molar-refractivity contribution in [2.45, 2.75) is 19.6 Å². The first-order valence-corrected chi connectivity index (χ1v) is 17.5. The van der Waals surface area contributed by atoms with Crippen molar-refractivity contribution in [2.75, 3.05) is 0 Å². The fraction of sp³-hybridized carbons (Fsp3) is 0.0789. The monoisotopic (exact) mass is 529 g/mol. The van der Waals surface area contributed by atoms with Crippen LogP contribution in [0.3, 0.4) is 0 Å². The Hall–Kier alpha value is -4.53. The van der Waals surface area contributed by atoms with Crippen molar-refractivity contribution in [3.63, 3.8) is 0 Å². The van der Waals surface area contributed by atoms with Crippen LogP contribution in [0.5, 0.6) is 0 Å². The van der Waals surface area contributed by atoms with E-state index in [0.29, 0.717) is 0 Å². The van der Waals surface area contributed by atoms with E-state index in [4.69, 9.17) is 4.98 Å². The number of fused-ring (bicyclic) bond motifs is 6. The first-order valence-electron chi connectivity index (χ1n) is 14.0. The lowest BCUT2D eigenvalue weighted by Crippen LogP contribution is -2.37. The molecule has 2 heteroatoms. The van der Waals surface area contributed by atoms with Gasteiger partial charge in [0.1, 0.15) is 0 Å². The van der Waals surface area contributed by atoms with Gasteiger partial charge in [-0.25, -0.2) is 0 Å². The molecular formula is C38H31NSi. The average Bonchev–Trinajstić information content (AvgIpc) is 3.01. The third kappa shape index (κ3) is 4.31. The lowest BCUT2D eigenvalue weighted by atomic mass is 9.90. The molecule has 6 aromatic carbocycles. The molecule has 0 spiro atoms. The molecule has 0 aliphatic heterocycles. The molecule has 0 fully saturated rings. The zero-order chi connectivity index (χ0) is 27.3. The first-order chi connectivity index (χ1) is 19.5. The highest BCUT2D eigenvalue weighted by atomic mass is 28.3. The fourth-order valence-corrected chi connectivity index (χ4v) is 6.85. The second-order valence-corrected chi connectivity index (χ2v) is 16.8. The molecule has 40 heavy (non-hydrogen) atoms. The quantitative estimate of drug-likeness (QED) is 0.163. The van der Waals surface area contributed by atoms with E-state index in [9.17, 15) is 0 Å². The highest BCUT2D eigenvalue weighted by Crippen LogP contribution is 2.39. The number of nitrogens with zero attached hydrogens (tertiary/aromatic N) is 1. The standard InChI is InChI=1S/C38H31NSi/c1-40(2,3)31-18-21-38(39-25-31)30-17-20-35-34-19-16-29(23-36(34)32-14-7-8-15-33(32)37(35)24-30)28-13-9-12-27(22-28)26-10-5-4-6-11-26/h4-25H,1-3H3. The summed E-state index contributed by atoms with van der Waals surface area (Å²) in [5.74, 6) is 0. The molecule has 7 rings (SSSR count). The van der Waals surface area contributed by atoms with Crippen molar-refractivity contribution in [3.05, 3.63) is 134 Å². The summed E-state index contributed by atoms with van der Waals surface area (Å²) >= 11 is 0. The van der Waals surface area contributed by atoms with E-state index < -0.39 is 8.07 Å². The molecule has 0 aliphatic rings. The Balaban J connectivity index is 1.38. The number of hydrogen-bond donors (Lipinski definition) is 0. The molecule has 0 radical (unpaired) electrons. The molecule has 0 atom stereocenters. The summed E-state index contributed by atoms with van der Waals surface area (Å²) in [6.07, 6.45) is 2.08. The van der Waals surface area contributed by atoms with E-state index in [1.54, 1.807) is 0 Å². The van der Waals surface area contributed by atoms with Gasteiger partial charge in [0.05, 0.1) is 13.8 Å². The van der Waals surface area contributed by atoms with Crippen LogP contribution in [0.1, 0.15) is 0 Å². The molecule has 7 aromatic rings. The van der Waals surface area contributed by atoms with Gasteiger partial charge in [0, 0.05) is 11.8 Å². The van der Waals surface area contributed by atoms with Gasteiger partial charge >= 0.3 is 0 Å². The second kappa shape index (κ2) is 9.58. The van der Waals surface area contributed by atoms with Crippen molar-refractivity contribution in [3.8, 4) is 33.5 Å². The van der Waals surface area contributed by atoms with Crippen LogP contribution in [0, 0.1) is 0 Å². The number of rotatable bonds is 4. The molecular weight excluding hydrogens is 499 g/mol. The van der Waals surface area contributed by atoms with Gasteiger partial charge in [-0.1, -0.05) is 123 Å². The second-order valence-electron chi connectivity index (χ2n) is 11.7. The van der Waals surface area contributed by atoms with Crippen molar-refractivity contribution in [1.82, 2.24) is 4.98 Å². The van der Waals surface area contributed by atoms with Gasteiger partial charge in [0.2, 0.25) is 0 Å². The summed E-state index contributed by atoms with van der Waals surface area (Å²) in [6, 6.07) is 46.5. The minimum Gasteiger partial charge on any atom is -0.256 e. The zero-order valence-electron chi connectivity index (χ0n) is 23.1. The van der Waals surface area contributed by atoms with Crippen LogP contribution in [0.2, 0.25) is 19.6 Å². The maximum absolute atomic E-state index is 4.87. The highest BCUT2D eigenvalue weighted by Gasteiger charge is 2.17. The SMILES string of the molecule is C[Si](C)(C)c1ccc(-c2ccc3c4ccc(-c5cccc(-c6ccccc6)c5)cc4c4ccccc4c3c2)nc1. The van der Waals surface area contributed by atoms with E-state index in [2.05, 4.69) is 153 Å². The number of aromatic nitrogens is 1. The van der Waals surface area contributed by atoms with Crippen molar-refractivity contribution in [2.24, 2.45) is 0 Å². The lowest BCUT2D eigenvalue weighted by molar-refractivity contribution is 1.34. The van der Waals surface area contributed by atoms with Crippen LogP contribution in [-0.4, -0.2) is 13.1 Å². The summed E-state index contributed by atoms with van der Waals surface area (Å²) < 4.78 is 0. The smallest absolute Gasteiger partial charge is 0.0796 e. The van der Waals surface area contributed by atoms with Gasteiger partial charge in [-0.15, -0.1) is 0 Å². The van der Waals surface area contributed by atoms with E-state index in [-0.39, 0.29) is 0 Å². The molecule has 1 nitrogen and oxygen atoms in total. The van der Waals surface area contributed by atoms with Gasteiger partial charge in [-0.2, -0.15) is 0 Å². The Bertz CT molecular complexity index is 2000. The number of benzene rings is 6. The summed E-state index contributed by atoms with van der Waals surface area (Å²) in [7, 11) is -1.38. The summed E-state index contributed by atoms with van der Waals surface area (Å²) in [4.78, 5) is 4.87. The third-order valence-corrected chi connectivity index (χ3v) is 10.1. The lowest BCUT2D eigenvalue weighted by Gasteiger charge is -2.16. The van der Waals surface area contributed by atoms with Gasteiger partial charge < -0.3 is 0 Å². The topological polar surface area (TPSA) is 12.9 Å². The minimum absolute atomic E-state index is 1.03. The van der Waals surface area contributed by atoms with Crippen LogP contribution in [-0.2, 0) is 0 Å². The first kappa shape index (κ1) is 24.5. The van der Waals surface area contributed by atoms with Gasteiger partial charge in [0.25, 0.3) is 0 Å². The molecule has 0 saturated carbocycles. The summed E-state index contributed by atoms with van der Waals surface area (Å²) in [6.45, 7) is 7.09. The Labute approximate surface area is 236 Å². The normalized spacial score (nSPS) is 11.9. The van der Waals surface area contributed by atoms with Crippen molar-refractivity contribution >= 4 is 45.6 Å². The zero-order valence-corrected chi connectivity index (χ0v) is 24.1. The predicted octanol–water partition coefficient (Wildman–Crippen LogP) is 10.1. The molecule has 0 amide bonds. The summed E-state index contributed by atoms with van der Waals surface area (Å²) in [5, 5.41) is 9.07. The van der Waals surface area contributed by atoms with E-state index in [0.717, 1.165) is 11.3 Å². The maximum atomic E-state index is 4.87. The van der Waals surface area contributed by atoms with Crippen LogP contribution in [0.25, 0.3) is 65.8 Å². The molecule has 0 saturated heterocycles. The minimum atomic E-state index is -1.38. The Morgan fingerprint density at radius 2 is 0.925 bits per heavy atom. The van der Waals surface area contributed by atoms with Crippen LogP contribution in [0.4, 0.5) is 0 Å². The largest absolute Gasteiger partial charge is 0.256 e. The molecule has 0 N–H and O–H groups in total. The molecule has 1 aromatic heterocycles. The van der Waals surface area contributed by atoms with Gasteiger partial charge in [0.15, 0.2) is 0 Å². The highest BCUT2D eigenvalue weighted by molar-refractivity contribution is 6.88. The van der Waals surface area contributed by atoms with Crippen LogP contribution < -0.4 is 5.19 Å². The Kier molecular flexibility index (Phi) is 5.87. The molecule has 0 bridgehead atoms. The van der Waals surface area contributed by atoms with Crippen molar-refractivity contribution < 1.29 is 0 Å². The molecule has 1 heterocycles. The van der Waals surface area contributed by atoms with Crippen molar-refractivity contribution in [1.29, 1.82) is 0 Å². The van der Waals surface area contributed by atoms with Gasteiger partial charge in [-0.3, -0.25) is 4.98 Å². The van der Waals surface area contributed by atoms with Gasteiger partial charge in [-0.05, 0) is 84.0 Å². The number of pyridine rings is 1. The summed E-state index contributed by atoms with van der Waals surface area (Å²) in [5.41, 5.74) is 7.13. The predicted molar refractivity (Wildman–Crippen MR) is 176 cm³/mol. The van der Waals surface area contributed by atoms with E-state index in [1.807, 2.05) is 0 Å². The molecule has 0 aliphatic carbocycles. The molecule has 0 unspecified atom stereocenters. The van der Waals surface area contributed by atoms with Crippen LogP contribution in [0.15, 0.2) is 134 Å². The van der Waals surface area contributed by atoms with Crippen LogP contribution >= 0.6 is 0 Å². The number of hydrogen-bond acceptors (Lipinski definition) is 1. The third-order valence-electron chi connectivity index (χ3n) is 8.07. The molecule has 192 valence electrons. The van der Waals surface area contributed by atoms with E-state index in [1.165, 1.54) is 59.8 Å². The fourth-order valence-electron chi connectivity index (χ4n) is 5.81. The van der Waals surface area contributed by atoms with E-state index >= 15 is 0 Å².